The summed E-state index contributed by atoms with van der Waals surface area (Å²) >= 11 is 0. The molecule has 1 heterocycles. The van der Waals surface area contributed by atoms with Crippen LogP contribution >= 0.6 is 0 Å². The third-order valence-corrected chi connectivity index (χ3v) is 3.35. The fourth-order valence-electron chi connectivity index (χ4n) is 2.17. The fourth-order valence-corrected chi connectivity index (χ4v) is 2.17. The zero-order valence-corrected chi connectivity index (χ0v) is 12.8. The van der Waals surface area contributed by atoms with Gasteiger partial charge in [0.2, 0.25) is 5.91 Å². The number of anilines is 2. The smallest absolute Gasteiger partial charge is 0.326 e. The number of rotatable bonds is 8. The molecule has 1 amide bonds. The van der Waals surface area contributed by atoms with E-state index in [9.17, 15) is 9.59 Å². The number of hydrogen-bond donors (Lipinski definition) is 1. The highest BCUT2D eigenvalue weighted by atomic mass is 16.6. The molecule has 1 N–H and O–H groups in total. The van der Waals surface area contributed by atoms with Crippen LogP contribution in [0.4, 0.5) is 11.4 Å². The Morgan fingerprint density at radius 1 is 1.27 bits per heavy atom. The van der Waals surface area contributed by atoms with E-state index in [4.69, 9.17) is 9.47 Å². The molecule has 0 fully saturated rings. The van der Waals surface area contributed by atoms with Gasteiger partial charge in [0.15, 0.2) is 0 Å². The van der Waals surface area contributed by atoms with Crippen LogP contribution in [0.3, 0.4) is 0 Å². The minimum Gasteiger partial charge on any atom is -0.462 e. The van der Waals surface area contributed by atoms with Crippen molar-refractivity contribution < 1.29 is 19.1 Å². The Morgan fingerprint density at radius 3 is 2.91 bits per heavy atom. The quantitative estimate of drug-likeness (QED) is 0.586. The number of fused-ring (bicyclic) bond motifs is 1. The van der Waals surface area contributed by atoms with Gasteiger partial charge in [0, 0.05) is 6.61 Å². The molecule has 120 valence electrons. The molecule has 6 heteroatoms. The van der Waals surface area contributed by atoms with Gasteiger partial charge >= 0.3 is 5.97 Å². The molecule has 0 aromatic heterocycles. The Hall–Kier alpha value is -2.08. The van der Waals surface area contributed by atoms with E-state index in [-0.39, 0.29) is 25.6 Å². The van der Waals surface area contributed by atoms with Crippen molar-refractivity contribution in [3.63, 3.8) is 0 Å². The molecule has 22 heavy (non-hydrogen) atoms. The molecule has 0 radical (unpaired) electrons. The van der Waals surface area contributed by atoms with Gasteiger partial charge < -0.3 is 14.8 Å². The number of benzene rings is 1. The number of unbranched alkanes of at least 4 members (excludes halogenated alkanes) is 1. The van der Waals surface area contributed by atoms with Gasteiger partial charge in [-0.25, -0.2) is 0 Å². The van der Waals surface area contributed by atoms with Crippen molar-refractivity contribution in [3.8, 4) is 0 Å². The summed E-state index contributed by atoms with van der Waals surface area (Å²) in [7, 11) is 0. The summed E-state index contributed by atoms with van der Waals surface area (Å²) in [5.41, 5.74) is 1.55. The Labute approximate surface area is 130 Å². The maximum absolute atomic E-state index is 12.0. The van der Waals surface area contributed by atoms with E-state index in [1.54, 1.807) is 6.07 Å². The maximum Gasteiger partial charge on any atom is 0.326 e. The normalized spacial score (nSPS) is 13.5. The molecule has 0 spiro atoms. The Kier molecular flexibility index (Phi) is 6.21. The first-order valence-electron chi connectivity index (χ1n) is 7.59. The predicted molar refractivity (Wildman–Crippen MR) is 84.0 cm³/mol. The van der Waals surface area contributed by atoms with Crippen LogP contribution in [0.1, 0.15) is 19.8 Å². The number of esters is 1. The second-order valence-corrected chi connectivity index (χ2v) is 5.04. The lowest BCUT2D eigenvalue weighted by Crippen LogP contribution is -2.43. The molecular formula is C16H22N2O4. The number of ether oxygens (including phenoxy) is 2. The summed E-state index contributed by atoms with van der Waals surface area (Å²) in [4.78, 5) is 25.3. The van der Waals surface area contributed by atoms with Crippen molar-refractivity contribution in [3.05, 3.63) is 24.3 Å². The van der Waals surface area contributed by atoms with E-state index in [0.717, 1.165) is 18.5 Å². The lowest BCUT2D eigenvalue weighted by Gasteiger charge is -2.29. The second kappa shape index (κ2) is 8.38. The average molecular weight is 306 g/mol. The van der Waals surface area contributed by atoms with Crippen molar-refractivity contribution in [2.45, 2.75) is 19.8 Å². The third-order valence-electron chi connectivity index (χ3n) is 3.35. The van der Waals surface area contributed by atoms with Gasteiger partial charge in [-0.05, 0) is 18.6 Å². The molecule has 0 saturated carbocycles. The van der Waals surface area contributed by atoms with Crippen LogP contribution in [-0.4, -0.2) is 44.8 Å². The monoisotopic (exact) mass is 306 g/mol. The van der Waals surface area contributed by atoms with Crippen molar-refractivity contribution in [1.82, 2.24) is 0 Å². The zero-order valence-electron chi connectivity index (χ0n) is 12.8. The van der Waals surface area contributed by atoms with E-state index < -0.39 is 5.97 Å². The van der Waals surface area contributed by atoms with E-state index in [1.807, 2.05) is 18.2 Å². The summed E-state index contributed by atoms with van der Waals surface area (Å²) < 4.78 is 10.4. The largest absolute Gasteiger partial charge is 0.462 e. The highest BCUT2D eigenvalue weighted by Crippen LogP contribution is 2.28. The number of carbonyl (C=O) groups is 2. The van der Waals surface area contributed by atoms with Crippen LogP contribution in [0.15, 0.2) is 24.3 Å². The first kappa shape index (κ1) is 16.3. The highest BCUT2D eigenvalue weighted by Gasteiger charge is 2.25. The van der Waals surface area contributed by atoms with Gasteiger partial charge in [-0.3, -0.25) is 14.5 Å². The predicted octanol–water partition coefficient (Wildman–Crippen LogP) is 1.80. The van der Waals surface area contributed by atoms with Crippen LogP contribution in [0.2, 0.25) is 0 Å². The number of nitrogens with one attached hydrogen (secondary N) is 1. The van der Waals surface area contributed by atoms with Crippen molar-refractivity contribution in [2.24, 2.45) is 0 Å². The van der Waals surface area contributed by atoms with Crippen LogP contribution in [0, 0.1) is 0 Å². The second-order valence-electron chi connectivity index (χ2n) is 5.04. The minimum atomic E-state index is -0.427. The Bertz CT molecular complexity index is 519. The molecule has 2 rings (SSSR count). The summed E-state index contributed by atoms with van der Waals surface area (Å²) in [6.45, 7) is 3.47. The van der Waals surface area contributed by atoms with Crippen molar-refractivity contribution in [2.75, 3.05) is 43.1 Å². The first-order valence-corrected chi connectivity index (χ1v) is 7.59. The lowest BCUT2D eigenvalue weighted by molar-refractivity contribution is -0.144. The number of amides is 1. The summed E-state index contributed by atoms with van der Waals surface area (Å²) in [6.07, 6.45) is 2.07. The van der Waals surface area contributed by atoms with Crippen molar-refractivity contribution >= 4 is 23.3 Å². The molecule has 0 atom stereocenters. The number of carbonyl (C=O) groups excluding carboxylic acids is 2. The molecule has 0 saturated heterocycles. The molecule has 0 unspecified atom stereocenters. The van der Waals surface area contributed by atoms with E-state index in [2.05, 4.69) is 12.2 Å². The number of hydrogen-bond acceptors (Lipinski definition) is 5. The highest BCUT2D eigenvalue weighted by molar-refractivity contribution is 6.05. The molecule has 1 aromatic rings. The summed E-state index contributed by atoms with van der Waals surface area (Å²) in [6, 6.07) is 7.40. The molecule has 6 nitrogen and oxygen atoms in total. The van der Waals surface area contributed by atoms with E-state index in [1.165, 1.54) is 4.90 Å². The van der Waals surface area contributed by atoms with Gasteiger partial charge in [0.25, 0.3) is 0 Å². The minimum absolute atomic E-state index is 0.0769. The molecule has 0 bridgehead atoms. The molecular weight excluding hydrogens is 284 g/mol. The number of para-hydroxylation sites is 2. The van der Waals surface area contributed by atoms with Gasteiger partial charge in [-0.15, -0.1) is 0 Å². The van der Waals surface area contributed by atoms with Gasteiger partial charge in [0.05, 0.1) is 24.5 Å². The Morgan fingerprint density at radius 2 is 2.09 bits per heavy atom. The zero-order chi connectivity index (χ0) is 15.8. The third kappa shape index (κ3) is 4.46. The van der Waals surface area contributed by atoms with E-state index in [0.29, 0.717) is 18.9 Å². The van der Waals surface area contributed by atoms with Crippen LogP contribution in [-0.2, 0) is 19.1 Å². The van der Waals surface area contributed by atoms with Crippen LogP contribution in [0.25, 0.3) is 0 Å². The SMILES string of the molecule is CCCCOCCOC(=O)CN1C(=O)CNc2ccccc21. The van der Waals surface area contributed by atoms with Gasteiger partial charge in [-0.1, -0.05) is 25.5 Å². The summed E-state index contributed by atoms with van der Waals surface area (Å²) in [5, 5.41) is 3.02. The standard InChI is InChI=1S/C16H22N2O4/c1-2-3-8-21-9-10-22-16(20)12-18-14-7-5-4-6-13(14)17-11-15(18)19/h4-7,17H,2-3,8-12H2,1H3. The molecule has 1 aromatic carbocycles. The van der Waals surface area contributed by atoms with Gasteiger partial charge in [0.1, 0.15) is 13.2 Å². The van der Waals surface area contributed by atoms with E-state index >= 15 is 0 Å². The summed E-state index contributed by atoms with van der Waals surface area (Å²) in [5.74, 6) is -0.570. The lowest BCUT2D eigenvalue weighted by atomic mass is 10.2. The van der Waals surface area contributed by atoms with Crippen molar-refractivity contribution in [1.29, 1.82) is 0 Å². The molecule has 0 aliphatic carbocycles. The first-order chi connectivity index (χ1) is 10.7. The van der Waals surface area contributed by atoms with Crippen LogP contribution in [0.5, 0.6) is 0 Å². The maximum atomic E-state index is 12.0. The average Bonchev–Trinajstić information content (AvgIpc) is 2.53. The Balaban J connectivity index is 1.80. The molecule has 1 aliphatic rings. The molecule has 1 aliphatic heterocycles. The van der Waals surface area contributed by atoms with Crippen LogP contribution < -0.4 is 10.2 Å². The topological polar surface area (TPSA) is 67.9 Å². The number of nitrogens with zero attached hydrogens (tertiary/aromatic N) is 1. The van der Waals surface area contributed by atoms with Gasteiger partial charge in [-0.2, -0.15) is 0 Å². The fraction of sp³-hybridized carbons (Fsp3) is 0.500.